The smallest absolute Gasteiger partial charge is 0.455 e. The molecule has 2 N–H and O–H groups in total. The average molecular weight is 403 g/mol. The number of pyridine rings is 2. The largest absolute Gasteiger partial charge is 0.573 e. The molecule has 1 amide bonds. The van der Waals surface area contributed by atoms with Crippen molar-refractivity contribution in [1.82, 2.24) is 9.97 Å². The molecule has 3 rings (SSSR count). The van der Waals surface area contributed by atoms with Crippen LogP contribution in [-0.2, 0) is 6.42 Å². The third-order valence-electron chi connectivity index (χ3n) is 3.94. The van der Waals surface area contributed by atoms with Crippen molar-refractivity contribution in [2.45, 2.75) is 19.7 Å². The van der Waals surface area contributed by atoms with Crippen molar-refractivity contribution in [3.63, 3.8) is 0 Å². The summed E-state index contributed by atoms with van der Waals surface area (Å²) in [6.45, 7) is 1.90. The van der Waals surface area contributed by atoms with E-state index in [0.717, 1.165) is 23.4 Å². The number of ether oxygens (including phenoxy) is 2. The first-order valence-electron chi connectivity index (χ1n) is 8.53. The van der Waals surface area contributed by atoms with Crippen molar-refractivity contribution in [2.24, 2.45) is 5.73 Å². The monoisotopic (exact) mass is 403 g/mol. The molecule has 0 aliphatic rings. The van der Waals surface area contributed by atoms with Gasteiger partial charge in [0, 0.05) is 29.5 Å². The number of amides is 1. The normalized spacial score (nSPS) is 11.2. The summed E-state index contributed by atoms with van der Waals surface area (Å²) in [5.41, 5.74) is 7.90. The number of carbonyl (C=O) groups is 1. The molecule has 3 aromatic rings. The number of rotatable bonds is 6. The summed E-state index contributed by atoms with van der Waals surface area (Å²) in [5.74, 6) is -0.578. The second-order valence-corrected chi connectivity index (χ2v) is 5.97. The molecule has 0 bridgehead atoms. The molecule has 2 aromatic heterocycles. The Morgan fingerprint density at radius 1 is 1.07 bits per heavy atom. The lowest BCUT2D eigenvalue weighted by molar-refractivity contribution is -0.274. The van der Waals surface area contributed by atoms with Gasteiger partial charge in [-0.2, -0.15) is 0 Å². The number of alkyl halides is 3. The van der Waals surface area contributed by atoms with Crippen LogP contribution in [0.2, 0.25) is 0 Å². The number of hydrogen-bond donors (Lipinski definition) is 1. The van der Waals surface area contributed by atoms with E-state index in [9.17, 15) is 18.0 Å². The maximum Gasteiger partial charge on any atom is 0.573 e. The Balaban J connectivity index is 1.85. The van der Waals surface area contributed by atoms with Gasteiger partial charge >= 0.3 is 6.36 Å². The van der Waals surface area contributed by atoms with E-state index in [1.807, 2.05) is 13.0 Å². The van der Waals surface area contributed by atoms with Gasteiger partial charge in [0.1, 0.15) is 11.5 Å². The molecule has 6 nitrogen and oxygen atoms in total. The van der Waals surface area contributed by atoms with E-state index in [4.69, 9.17) is 10.5 Å². The molecule has 0 saturated carbocycles. The van der Waals surface area contributed by atoms with Gasteiger partial charge in [-0.15, -0.1) is 13.2 Å². The quantitative estimate of drug-likeness (QED) is 0.655. The molecule has 0 spiro atoms. The van der Waals surface area contributed by atoms with E-state index in [1.54, 1.807) is 24.3 Å². The number of aryl methyl sites for hydroxylation is 1. The fraction of sp³-hybridized carbons (Fsp3) is 0.150. The van der Waals surface area contributed by atoms with Crippen LogP contribution in [0.3, 0.4) is 0 Å². The molecule has 0 aliphatic carbocycles. The number of carbonyl (C=O) groups excluding carboxylic acids is 1. The lowest BCUT2D eigenvalue weighted by Crippen LogP contribution is -2.17. The molecule has 0 radical (unpaired) electrons. The van der Waals surface area contributed by atoms with E-state index < -0.39 is 18.0 Å². The Morgan fingerprint density at radius 3 is 2.52 bits per heavy atom. The SMILES string of the molecule is CCc1cc(-c2cc(Oc3cncc(OC(F)(F)F)c3)ccn2)ccc1C(N)=O. The summed E-state index contributed by atoms with van der Waals surface area (Å²) in [6.07, 6.45) is -0.509. The van der Waals surface area contributed by atoms with Gasteiger partial charge in [0.25, 0.3) is 0 Å². The Labute approximate surface area is 164 Å². The van der Waals surface area contributed by atoms with E-state index in [-0.39, 0.29) is 5.75 Å². The summed E-state index contributed by atoms with van der Waals surface area (Å²) in [7, 11) is 0. The second-order valence-electron chi connectivity index (χ2n) is 5.97. The van der Waals surface area contributed by atoms with Gasteiger partial charge < -0.3 is 15.2 Å². The van der Waals surface area contributed by atoms with Crippen LogP contribution < -0.4 is 15.2 Å². The van der Waals surface area contributed by atoms with Crippen LogP contribution >= 0.6 is 0 Å². The van der Waals surface area contributed by atoms with Gasteiger partial charge in [0.15, 0.2) is 5.75 Å². The van der Waals surface area contributed by atoms with Gasteiger partial charge in [-0.05, 0) is 30.2 Å². The molecule has 0 saturated heterocycles. The minimum Gasteiger partial charge on any atom is -0.455 e. The summed E-state index contributed by atoms with van der Waals surface area (Å²) >= 11 is 0. The van der Waals surface area contributed by atoms with Crippen LogP contribution in [0.4, 0.5) is 13.2 Å². The topological polar surface area (TPSA) is 87.3 Å². The highest BCUT2D eigenvalue weighted by Gasteiger charge is 2.31. The number of primary amides is 1. The molecule has 1 aromatic carbocycles. The predicted molar refractivity (Wildman–Crippen MR) is 98.6 cm³/mol. The molecule has 0 unspecified atom stereocenters. The molecular formula is C20H16F3N3O3. The van der Waals surface area contributed by atoms with Crippen molar-refractivity contribution in [1.29, 1.82) is 0 Å². The standard InChI is InChI=1S/C20H16F3N3O3/c1-2-12-7-13(3-4-17(12)19(24)27)18-9-14(5-6-26-18)28-15-8-16(11-25-10-15)29-20(21,22)23/h3-11H,2H2,1H3,(H2,24,27). The number of nitrogens with zero attached hydrogens (tertiary/aromatic N) is 2. The van der Waals surface area contributed by atoms with Gasteiger partial charge in [0.05, 0.1) is 18.1 Å². The molecule has 0 atom stereocenters. The van der Waals surface area contributed by atoms with Crippen molar-refractivity contribution in [2.75, 3.05) is 0 Å². The predicted octanol–water partition coefficient (Wildman–Crippen LogP) is 4.50. The number of hydrogen-bond acceptors (Lipinski definition) is 5. The van der Waals surface area contributed by atoms with E-state index >= 15 is 0 Å². The van der Waals surface area contributed by atoms with Crippen LogP contribution in [0, 0.1) is 0 Å². The number of aromatic nitrogens is 2. The van der Waals surface area contributed by atoms with E-state index in [2.05, 4.69) is 14.7 Å². The van der Waals surface area contributed by atoms with Crippen LogP contribution in [0.15, 0.2) is 55.0 Å². The maximum atomic E-state index is 12.4. The third-order valence-corrected chi connectivity index (χ3v) is 3.94. The first-order chi connectivity index (χ1) is 13.7. The van der Waals surface area contributed by atoms with Crippen molar-refractivity contribution < 1.29 is 27.4 Å². The first kappa shape index (κ1) is 20.1. The number of benzene rings is 1. The maximum absolute atomic E-state index is 12.4. The number of halogens is 3. The molecule has 0 aliphatic heterocycles. The summed E-state index contributed by atoms with van der Waals surface area (Å²) < 4.78 is 46.5. The molecule has 29 heavy (non-hydrogen) atoms. The van der Waals surface area contributed by atoms with Gasteiger partial charge in [-0.3, -0.25) is 14.8 Å². The zero-order chi connectivity index (χ0) is 21.0. The van der Waals surface area contributed by atoms with Crippen LogP contribution in [0.1, 0.15) is 22.8 Å². The second kappa shape index (κ2) is 8.17. The Morgan fingerprint density at radius 2 is 1.83 bits per heavy atom. The Kier molecular flexibility index (Phi) is 5.67. The molecular weight excluding hydrogens is 387 g/mol. The minimum atomic E-state index is -4.82. The molecule has 150 valence electrons. The summed E-state index contributed by atoms with van der Waals surface area (Å²) in [6, 6.07) is 9.41. The van der Waals surface area contributed by atoms with Crippen molar-refractivity contribution in [3.05, 3.63) is 66.1 Å². The molecule has 2 heterocycles. The van der Waals surface area contributed by atoms with Gasteiger partial charge in [-0.25, -0.2) is 0 Å². The third kappa shape index (κ3) is 5.22. The van der Waals surface area contributed by atoms with Crippen LogP contribution in [-0.4, -0.2) is 22.2 Å². The lowest BCUT2D eigenvalue weighted by atomic mass is 9.99. The molecule has 9 heteroatoms. The van der Waals surface area contributed by atoms with Crippen LogP contribution in [0.5, 0.6) is 17.2 Å². The van der Waals surface area contributed by atoms with Gasteiger partial charge in [0.2, 0.25) is 5.91 Å². The lowest BCUT2D eigenvalue weighted by Gasteiger charge is -2.11. The first-order valence-corrected chi connectivity index (χ1v) is 8.53. The van der Waals surface area contributed by atoms with E-state index in [1.165, 1.54) is 12.4 Å². The van der Waals surface area contributed by atoms with Gasteiger partial charge in [-0.1, -0.05) is 13.0 Å². The summed E-state index contributed by atoms with van der Waals surface area (Å²) in [4.78, 5) is 19.5. The highest BCUT2D eigenvalue weighted by molar-refractivity contribution is 5.95. The Bertz CT molecular complexity index is 1040. The fourth-order valence-corrected chi connectivity index (χ4v) is 2.70. The summed E-state index contributed by atoms with van der Waals surface area (Å²) in [5, 5.41) is 0. The van der Waals surface area contributed by atoms with Crippen molar-refractivity contribution >= 4 is 5.91 Å². The highest BCUT2D eigenvalue weighted by Crippen LogP contribution is 2.30. The van der Waals surface area contributed by atoms with Crippen molar-refractivity contribution in [3.8, 4) is 28.5 Å². The van der Waals surface area contributed by atoms with Crippen LogP contribution in [0.25, 0.3) is 11.3 Å². The zero-order valence-corrected chi connectivity index (χ0v) is 15.2. The Hall–Kier alpha value is -3.62. The minimum absolute atomic E-state index is 0.0715. The van der Waals surface area contributed by atoms with E-state index in [0.29, 0.717) is 23.4 Å². The molecule has 0 fully saturated rings. The highest BCUT2D eigenvalue weighted by atomic mass is 19.4. The fourth-order valence-electron chi connectivity index (χ4n) is 2.70. The average Bonchev–Trinajstić information content (AvgIpc) is 2.66. The number of nitrogens with two attached hydrogens (primary N) is 1. The zero-order valence-electron chi connectivity index (χ0n) is 15.2.